The first-order valence-corrected chi connectivity index (χ1v) is 6.14. The zero-order valence-electron chi connectivity index (χ0n) is 10.7. The number of nitrogens with two attached hydrogens (primary N) is 1. The molecule has 1 aromatic carbocycles. The number of benzene rings is 1. The summed E-state index contributed by atoms with van der Waals surface area (Å²) in [7, 11) is 0. The summed E-state index contributed by atoms with van der Waals surface area (Å²) in [4.78, 5) is 8.43. The van der Waals surface area contributed by atoms with Crippen molar-refractivity contribution in [3.05, 3.63) is 53.0 Å². The van der Waals surface area contributed by atoms with Crippen molar-refractivity contribution in [2.24, 2.45) is 0 Å². The molecule has 0 aliphatic carbocycles. The molecule has 0 spiro atoms. The van der Waals surface area contributed by atoms with Gasteiger partial charge in [0.2, 0.25) is 0 Å². The van der Waals surface area contributed by atoms with Crippen molar-refractivity contribution in [3.8, 4) is 0 Å². The fourth-order valence-electron chi connectivity index (χ4n) is 1.93. The van der Waals surface area contributed by atoms with Crippen LogP contribution >= 0.6 is 0 Å². The van der Waals surface area contributed by atoms with E-state index in [1.165, 1.54) is 12.1 Å². The molecule has 100 valence electrons. The van der Waals surface area contributed by atoms with Gasteiger partial charge in [-0.2, -0.15) is 0 Å². The second-order valence-corrected chi connectivity index (χ2v) is 4.40. The third kappa shape index (κ3) is 3.71. The Kier molecular flexibility index (Phi) is 4.04. The van der Waals surface area contributed by atoms with E-state index in [0.717, 1.165) is 24.6 Å². The van der Waals surface area contributed by atoms with E-state index < -0.39 is 11.6 Å². The van der Waals surface area contributed by atoms with E-state index in [-0.39, 0.29) is 6.42 Å². The molecule has 0 amide bonds. The van der Waals surface area contributed by atoms with Crippen molar-refractivity contribution in [1.82, 2.24) is 9.97 Å². The molecule has 1 aromatic heterocycles. The molecule has 2 N–H and O–H groups in total. The van der Waals surface area contributed by atoms with Crippen molar-refractivity contribution in [3.63, 3.8) is 0 Å². The second kappa shape index (κ2) is 5.73. The van der Waals surface area contributed by atoms with Gasteiger partial charge in [-0.25, -0.2) is 18.7 Å². The van der Waals surface area contributed by atoms with Crippen LogP contribution in [0.15, 0.2) is 24.3 Å². The van der Waals surface area contributed by atoms with Gasteiger partial charge in [0.25, 0.3) is 0 Å². The van der Waals surface area contributed by atoms with Gasteiger partial charge in [-0.3, -0.25) is 0 Å². The number of aromatic nitrogens is 2. The van der Waals surface area contributed by atoms with Crippen molar-refractivity contribution in [1.29, 1.82) is 0 Å². The van der Waals surface area contributed by atoms with Crippen molar-refractivity contribution >= 4 is 5.82 Å². The first-order chi connectivity index (χ1) is 9.06. The van der Waals surface area contributed by atoms with Crippen LogP contribution in [0.25, 0.3) is 0 Å². The molecule has 2 aromatic rings. The quantitative estimate of drug-likeness (QED) is 0.922. The highest BCUT2D eigenvalue weighted by Gasteiger charge is 2.06. The number of aryl methyl sites for hydroxylation is 1. The van der Waals surface area contributed by atoms with Crippen molar-refractivity contribution in [2.45, 2.75) is 26.2 Å². The summed E-state index contributed by atoms with van der Waals surface area (Å²) in [6.07, 6.45) is 2.01. The van der Waals surface area contributed by atoms with Gasteiger partial charge in [0.1, 0.15) is 23.3 Å². The number of nitrogens with zero attached hydrogens (tertiary/aromatic N) is 2. The highest BCUT2D eigenvalue weighted by atomic mass is 19.1. The van der Waals surface area contributed by atoms with Gasteiger partial charge in [-0.1, -0.05) is 13.3 Å². The predicted molar refractivity (Wildman–Crippen MR) is 69.6 cm³/mol. The maximum atomic E-state index is 13.1. The molecule has 0 radical (unpaired) electrons. The summed E-state index contributed by atoms with van der Waals surface area (Å²) >= 11 is 0. The van der Waals surface area contributed by atoms with Crippen LogP contribution in [0.1, 0.15) is 30.4 Å². The summed E-state index contributed by atoms with van der Waals surface area (Å²) in [5.41, 5.74) is 7.04. The minimum atomic E-state index is -0.604. The van der Waals surface area contributed by atoms with Gasteiger partial charge in [0, 0.05) is 24.2 Å². The van der Waals surface area contributed by atoms with Crippen LogP contribution in [-0.4, -0.2) is 9.97 Å². The summed E-state index contributed by atoms with van der Waals surface area (Å²) in [6, 6.07) is 5.11. The smallest absolute Gasteiger partial charge is 0.135 e. The Morgan fingerprint density at radius 1 is 1.05 bits per heavy atom. The summed E-state index contributed by atoms with van der Waals surface area (Å²) in [5, 5.41) is 0. The van der Waals surface area contributed by atoms with Gasteiger partial charge in [0.15, 0.2) is 0 Å². The lowest BCUT2D eigenvalue weighted by Gasteiger charge is -2.05. The molecule has 0 saturated heterocycles. The van der Waals surface area contributed by atoms with E-state index in [1.54, 1.807) is 6.07 Å². The first-order valence-electron chi connectivity index (χ1n) is 6.14. The average molecular weight is 263 g/mol. The van der Waals surface area contributed by atoms with Crippen LogP contribution in [0.3, 0.4) is 0 Å². The minimum Gasteiger partial charge on any atom is -0.384 e. The van der Waals surface area contributed by atoms with Gasteiger partial charge >= 0.3 is 0 Å². The first kappa shape index (κ1) is 13.4. The lowest BCUT2D eigenvalue weighted by atomic mass is 10.1. The molecule has 0 aliphatic rings. The number of nitrogen functional groups attached to an aromatic ring is 1. The highest BCUT2D eigenvalue weighted by molar-refractivity contribution is 5.31. The minimum absolute atomic E-state index is 0.260. The molecule has 1 heterocycles. The van der Waals surface area contributed by atoms with Gasteiger partial charge in [0.05, 0.1) is 0 Å². The van der Waals surface area contributed by atoms with E-state index in [9.17, 15) is 8.78 Å². The van der Waals surface area contributed by atoms with Crippen LogP contribution in [0, 0.1) is 11.6 Å². The Bertz CT molecular complexity index is 565. The third-order valence-corrected chi connectivity index (χ3v) is 2.64. The lowest BCUT2D eigenvalue weighted by Crippen LogP contribution is -2.04. The normalized spacial score (nSPS) is 10.7. The molecule has 19 heavy (non-hydrogen) atoms. The van der Waals surface area contributed by atoms with Gasteiger partial charge in [-0.05, 0) is 24.1 Å². The molecule has 2 rings (SSSR count). The van der Waals surface area contributed by atoms with E-state index in [0.29, 0.717) is 17.2 Å². The maximum absolute atomic E-state index is 13.1. The van der Waals surface area contributed by atoms with Gasteiger partial charge < -0.3 is 5.73 Å². The van der Waals surface area contributed by atoms with E-state index >= 15 is 0 Å². The SMILES string of the molecule is CCCc1cc(N)nc(Cc2cc(F)cc(F)c2)n1. The number of halogens is 2. The lowest BCUT2D eigenvalue weighted by molar-refractivity contribution is 0.580. The summed E-state index contributed by atoms with van der Waals surface area (Å²) in [5.74, 6) is -0.348. The Morgan fingerprint density at radius 3 is 2.37 bits per heavy atom. The highest BCUT2D eigenvalue weighted by Crippen LogP contribution is 2.13. The molecule has 0 aliphatic heterocycles. The monoisotopic (exact) mass is 263 g/mol. The molecule has 3 nitrogen and oxygen atoms in total. The predicted octanol–water partition coefficient (Wildman–Crippen LogP) is 2.88. The molecule has 0 atom stereocenters. The van der Waals surface area contributed by atoms with Crippen LogP contribution < -0.4 is 5.73 Å². The Morgan fingerprint density at radius 2 is 1.74 bits per heavy atom. The molecule has 0 fully saturated rings. The molecule has 0 unspecified atom stereocenters. The summed E-state index contributed by atoms with van der Waals surface area (Å²) < 4.78 is 26.2. The Labute approximate surface area is 110 Å². The number of rotatable bonds is 4. The van der Waals surface area contributed by atoms with Crippen molar-refractivity contribution in [2.75, 3.05) is 5.73 Å². The van der Waals surface area contributed by atoms with Crippen LogP contribution in [0.5, 0.6) is 0 Å². The molecule has 0 saturated carbocycles. The largest absolute Gasteiger partial charge is 0.384 e. The van der Waals surface area contributed by atoms with Crippen molar-refractivity contribution < 1.29 is 8.78 Å². The van der Waals surface area contributed by atoms with Crippen LogP contribution in [-0.2, 0) is 12.8 Å². The Hall–Kier alpha value is -2.04. The number of hydrogen-bond donors (Lipinski definition) is 1. The zero-order valence-corrected chi connectivity index (χ0v) is 10.7. The van der Waals surface area contributed by atoms with Gasteiger partial charge in [-0.15, -0.1) is 0 Å². The number of hydrogen-bond acceptors (Lipinski definition) is 3. The van der Waals surface area contributed by atoms with Crippen LogP contribution in [0.4, 0.5) is 14.6 Å². The standard InChI is InChI=1S/C14H15F2N3/c1-2-3-12-8-13(17)19-14(18-12)6-9-4-10(15)7-11(16)5-9/h4-5,7-8H,2-3,6H2,1H3,(H2,17,18,19). The van der Waals surface area contributed by atoms with E-state index in [1.807, 2.05) is 6.92 Å². The number of anilines is 1. The van der Waals surface area contributed by atoms with E-state index in [4.69, 9.17) is 5.73 Å². The zero-order chi connectivity index (χ0) is 13.8. The van der Waals surface area contributed by atoms with E-state index in [2.05, 4.69) is 9.97 Å². The fraction of sp³-hybridized carbons (Fsp3) is 0.286. The van der Waals surface area contributed by atoms with Crippen LogP contribution in [0.2, 0.25) is 0 Å². The summed E-state index contributed by atoms with van der Waals surface area (Å²) in [6.45, 7) is 2.04. The second-order valence-electron chi connectivity index (χ2n) is 4.40. The Balaban J connectivity index is 2.27. The fourth-order valence-corrected chi connectivity index (χ4v) is 1.93. The maximum Gasteiger partial charge on any atom is 0.135 e. The molecular weight excluding hydrogens is 248 g/mol. The third-order valence-electron chi connectivity index (χ3n) is 2.64. The topological polar surface area (TPSA) is 51.8 Å². The average Bonchev–Trinajstić information content (AvgIpc) is 2.26. The molecule has 5 heteroatoms. The molecular formula is C14H15F2N3. The molecule has 0 bridgehead atoms.